The van der Waals surface area contributed by atoms with E-state index in [1.165, 1.54) is 77.7 Å². The second-order valence-corrected chi connectivity index (χ2v) is 21.3. The van der Waals surface area contributed by atoms with Crippen molar-refractivity contribution in [2.24, 2.45) is 11.8 Å². The maximum atomic E-state index is 2.66. The van der Waals surface area contributed by atoms with E-state index in [1.54, 1.807) is 0 Å². The van der Waals surface area contributed by atoms with Gasteiger partial charge in [0, 0.05) is 47.5 Å². The summed E-state index contributed by atoms with van der Waals surface area (Å²) in [5.41, 5.74) is 13.1. The van der Waals surface area contributed by atoms with E-state index < -0.39 is 0 Å². The Hall–Kier alpha value is -7.55. The van der Waals surface area contributed by atoms with Gasteiger partial charge in [-0.15, -0.1) is 0 Å². The molecule has 0 radical (unpaired) electrons. The van der Waals surface area contributed by atoms with Crippen molar-refractivity contribution >= 4 is 38.6 Å². The molecule has 0 spiro atoms. The predicted molar refractivity (Wildman–Crippen MR) is 313 cm³/mol. The van der Waals surface area contributed by atoms with Gasteiger partial charge in [-0.2, -0.15) is 4.58 Å². The lowest BCUT2D eigenvalue weighted by atomic mass is 9.68. The molecule has 0 unspecified atom stereocenters. The molecular weight excluding hydrogens is 881 g/mol. The van der Waals surface area contributed by atoms with Gasteiger partial charge in [-0.3, -0.25) is 0 Å². The van der Waals surface area contributed by atoms with Crippen LogP contribution in [-0.2, 0) is 36.5 Å². The fourth-order valence-electron chi connectivity index (χ4n) is 12.0. The van der Waals surface area contributed by atoms with Gasteiger partial charge in [-0.05, 0) is 112 Å². The third-order valence-corrected chi connectivity index (χ3v) is 15.3. The number of fused-ring (bicyclic) bond motifs is 6. The SMILES string of the molecule is CC(C)CCN1C(=CC=CC=CC=CC=CC2=[N+](CCC(C)C)c3ccc4ccccc4c3C2(Cc2ccccc2)Cc2ccccc2)C(Cc2ccccc2)(Cc2ccccc2)c2c1ccc1ccccc21. The first-order valence-corrected chi connectivity index (χ1v) is 26.8. The number of allylic oxidation sites excluding steroid dienone is 10. The Morgan fingerprint density at radius 2 is 0.863 bits per heavy atom. The van der Waals surface area contributed by atoms with Crippen molar-refractivity contribution in [2.75, 3.05) is 18.0 Å². The molecule has 0 amide bonds. The van der Waals surface area contributed by atoms with Crippen molar-refractivity contribution in [3.8, 4) is 0 Å². The van der Waals surface area contributed by atoms with E-state index in [9.17, 15) is 0 Å². The molecule has 0 aliphatic carbocycles. The molecule has 2 nitrogen and oxygen atoms in total. The van der Waals surface area contributed by atoms with Gasteiger partial charge >= 0.3 is 0 Å². The number of rotatable bonds is 19. The highest BCUT2D eigenvalue weighted by Gasteiger charge is 2.52. The zero-order valence-electron chi connectivity index (χ0n) is 43.4. The van der Waals surface area contributed by atoms with E-state index in [2.05, 4.69) is 286 Å². The van der Waals surface area contributed by atoms with Crippen molar-refractivity contribution < 1.29 is 4.58 Å². The molecule has 0 saturated carbocycles. The first kappa shape index (κ1) is 49.0. The van der Waals surface area contributed by atoms with E-state index in [0.29, 0.717) is 11.8 Å². The van der Waals surface area contributed by atoms with Gasteiger partial charge in [0.25, 0.3) is 0 Å². The van der Waals surface area contributed by atoms with E-state index in [4.69, 9.17) is 0 Å². The van der Waals surface area contributed by atoms with E-state index >= 15 is 0 Å². The Bertz CT molecular complexity index is 3250. The van der Waals surface area contributed by atoms with Crippen molar-refractivity contribution in [3.05, 3.63) is 288 Å². The van der Waals surface area contributed by atoms with E-state index in [1.807, 2.05) is 0 Å². The lowest BCUT2D eigenvalue weighted by Gasteiger charge is -2.35. The van der Waals surface area contributed by atoms with Crippen LogP contribution in [0.4, 0.5) is 11.4 Å². The molecule has 2 aliphatic heterocycles. The standard InChI is InChI=1S/C71H71N2/c1-54(2)46-48-72-64-44-42-60-36-24-26-38-62(60)68(64)70(50-56-28-14-10-15-29-56,51-57-30-16-11-17-31-57)66(72)40-22-8-6-5-7-9-23-41-67-71(52-58-32-18-12-19-33-58,53-59-34-20-13-21-35-59)69-63-39-27-25-37-61(63)43-45-65(69)73(67)49-47-55(3)4/h5-45,54-55H,46-53H2,1-4H3/q+1. The Kier molecular flexibility index (Phi) is 15.1. The summed E-state index contributed by atoms with van der Waals surface area (Å²) in [6.45, 7) is 11.3. The highest BCUT2D eigenvalue weighted by atomic mass is 15.2. The molecular formula is C71H71N2+. The maximum Gasteiger partial charge on any atom is 0.210 e. The largest absolute Gasteiger partial charge is 0.344 e. The van der Waals surface area contributed by atoms with Crippen LogP contribution in [0, 0.1) is 11.8 Å². The molecule has 2 heterocycles. The summed E-state index contributed by atoms with van der Waals surface area (Å²) < 4.78 is 2.66. The molecule has 0 bridgehead atoms. The molecule has 0 N–H and O–H groups in total. The van der Waals surface area contributed by atoms with E-state index in [-0.39, 0.29) is 10.8 Å². The van der Waals surface area contributed by atoms with Crippen molar-refractivity contribution in [1.82, 2.24) is 0 Å². The lowest BCUT2D eigenvalue weighted by Crippen LogP contribution is -2.39. The minimum absolute atomic E-state index is 0.294. The van der Waals surface area contributed by atoms with Crippen LogP contribution in [0.15, 0.2) is 255 Å². The summed E-state index contributed by atoms with van der Waals surface area (Å²) >= 11 is 0. The monoisotopic (exact) mass is 952 g/mol. The van der Waals surface area contributed by atoms with Crippen molar-refractivity contribution in [3.63, 3.8) is 0 Å². The zero-order chi connectivity index (χ0) is 50.0. The fourth-order valence-corrected chi connectivity index (χ4v) is 12.0. The van der Waals surface area contributed by atoms with Crippen molar-refractivity contribution in [2.45, 2.75) is 77.0 Å². The summed E-state index contributed by atoms with van der Waals surface area (Å²) in [7, 11) is 0. The van der Waals surface area contributed by atoms with Gasteiger partial charge in [0.05, 0.1) is 5.41 Å². The third-order valence-electron chi connectivity index (χ3n) is 15.3. The summed E-state index contributed by atoms with van der Waals surface area (Å²) in [5, 5.41) is 5.28. The molecule has 2 heteroatoms. The highest BCUT2D eigenvalue weighted by molar-refractivity contribution is 6.09. The van der Waals surface area contributed by atoms with Crippen molar-refractivity contribution in [1.29, 1.82) is 0 Å². The minimum atomic E-state index is -0.294. The minimum Gasteiger partial charge on any atom is -0.344 e. The number of anilines is 1. The molecule has 10 rings (SSSR count). The first-order valence-electron chi connectivity index (χ1n) is 26.8. The molecule has 0 aromatic heterocycles. The van der Waals surface area contributed by atoms with Gasteiger partial charge in [-0.1, -0.05) is 246 Å². The van der Waals surface area contributed by atoms with Crippen LogP contribution in [0.2, 0.25) is 0 Å². The van der Waals surface area contributed by atoms with Crippen LogP contribution in [0.3, 0.4) is 0 Å². The average molecular weight is 952 g/mol. The molecule has 2 aliphatic rings. The zero-order valence-corrected chi connectivity index (χ0v) is 43.4. The lowest BCUT2D eigenvalue weighted by molar-refractivity contribution is -0.439. The fraction of sp³-hybridized carbons (Fsp3) is 0.225. The van der Waals surface area contributed by atoms with Crippen LogP contribution >= 0.6 is 0 Å². The quantitative estimate of drug-likeness (QED) is 0.0578. The number of hydrogen-bond acceptors (Lipinski definition) is 1. The molecule has 0 fully saturated rings. The highest BCUT2D eigenvalue weighted by Crippen LogP contribution is 2.55. The van der Waals surface area contributed by atoms with Gasteiger partial charge in [-0.25, -0.2) is 0 Å². The predicted octanol–water partition coefficient (Wildman–Crippen LogP) is 17.3. The second kappa shape index (κ2) is 22.5. The molecule has 0 saturated heterocycles. The van der Waals surface area contributed by atoms with Crippen LogP contribution in [0.5, 0.6) is 0 Å². The summed E-state index contributed by atoms with van der Waals surface area (Å²) in [5.74, 6) is 1.16. The molecule has 8 aromatic rings. The van der Waals surface area contributed by atoms with Gasteiger partial charge < -0.3 is 4.90 Å². The van der Waals surface area contributed by atoms with Crippen LogP contribution in [0.25, 0.3) is 21.5 Å². The van der Waals surface area contributed by atoms with Gasteiger partial charge in [0.2, 0.25) is 5.69 Å². The molecule has 73 heavy (non-hydrogen) atoms. The average Bonchev–Trinajstić information content (AvgIpc) is 3.82. The summed E-state index contributed by atoms with van der Waals surface area (Å²) in [6, 6.07) is 72.1. The third kappa shape index (κ3) is 10.5. The Labute approximate surface area is 435 Å². The topological polar surface area (TPSA) is 6.25 Å². The van der Waals surface area contributed by atoms with Gasteiger partial charge in [0.1, 0.15) is 6.54 Å². The van der Waals surface area contributed by atoms with Gasteiger partial charge in [0.15, 0.2) is 5.71 Å². The number of nitrogens with zero attached hydrogens (tertiary/aromatic N) is 2. The smallest absolute Gasteiger partial charge is 0.210 e. The first-order chi connectivity index (χ1) is 35.8. The van der Waals surface area contributed by atoms with Crippen LogP contribution in [0.1, 0.15) is 73.9 Å². The van der Waals surface area contributed by atoms with Crippen LogP contribution < -0.4 is 4.90 Å². The Morgan fingerprint density at radius 1 is 0.425 bits per heavy atom. The number of benzene rings is 8. The molecule has 364 valence electrons. The summed E-state index contributed by atoms with van der Waals surface area (Å²) in [6.07, 6.45) is 26.2. The second-order valence-electron chi connectivity index (χ2n) is 21.3. The Morgan fingerprint density at radius 3 is 1.38 bits per heavy atom. The van der Waals surface area contributed by atoms with E-state index in [0.717, 1.165) is 51.6 Å². The molecule has 0 atom stereocenters. The maximum absolute atomic E-state index is 2.66. The molecule has 8 aromatic carbocycles. The number of hydrogen-bond donors (Lipinski definition) is 0. The van der Waals surface area contributed by atoms with Crippen LogP contribution in [-0.4, -0.2) is 23.4 Å². The Balaban J connectivity index is 1.02. The normalized spacial score (nSPS) is 15.8. The summed E-state index contributed by atoms with van der Waals surface area (Å²) in [4.78, 5) is 2.66.